The van der Waals surface area contributed by atoms with Crippen LogP contribution in [0.25, 0.3) is 0 Å². The molecule has 174 valence electrons. The van der Waals surface area contributed by atoms with Gasteiger partial charge in [0.1, 0.15) is 11.8 Å². The Kier molecular flexibility index (Phi) is 9.41. The highest BCUT2D eigenvalue weighted by Gasteiger charge is 2.28. The van der Waals surface area contributed by atoms with Crippen molar-refractivity contribution in [2.45, 2.75) is 54.1 Å². The van der Waals surface area contributed by atoms with Crippen LogP contribution in [-0.4, -0.2) is 35.9 Å². The van der Waals surface area contributed by atoms with Crippen LogP contribution in [0.5, 0.6) is 5.75 Å². The number of halogens is 2. The number of carbonyl (C=O) groups excluding carboxylic acids is 2. The number of benzene rings is 2. The monoisotopic (exact) mass is 478 g/mol. The molecule has 0 heterocycles. The van der Waals surface area contributed by atoms with Gasteiger partial charge in [-0.3, -0.25) is 9.59 Å². The van der Waals surface area contributed by atoms with Crippen LogP contribution in [0.2, 0.25) is 10.0 Å². The Balaban J connectivity index is 2.26. The summed E-state index contributed by atoms with van der Waals surface area (Å²) in [5.41, 5.74) is 3.72. The van der Waals surface area contributed by atoms with Gasteiger partial charge in [0, 0.05) is 28.7 Å². The first kappa shape index (κ1) is 26.0. The average Bonchev–Trinajstić information content (AvgIpc) is 2.72. The molecule has 0 aliphatic heterocycles. The van der Waals surface area contributed by atoms with Gasteiger partial charge in [0.2, 0.25) is 5.91 Å². The molecule has 1 N–H and O–H groups in total. The van der Waals surface area contributed by atoms with E-state index in [-0.39, 0.29) is 25.0 Å². The van der Waals surface area contributed by atoms with E-state index in [1.165, 1.54) is 4.90 Å². The standard InChI is InChI=1S/C25H32Cl2N2O3/c1-15(2)12-28-25(31)19(6)29(13-20-21(26)8-7-9-22(20)27)24(30)14-32-23-11-16(3)10-17(4)18(23)5/h7-11,15,19H,12-14H2,1-6H3,(H,28,31)/t19-/m1/s1. The van der Waals surface area contributed by atoms with Gasteiger partial charge in [-0.15, -0.1) is 0 Å². The van der Waals surface area contributed by atoms with Gasteiger partial charge in [-0.1, -0.05) is 49.2 Å². The fraction of sp³-hybridized carbons (Fsp3) is 0.440. The molecule has 0 bridgehead atoms. The van der Waals surface area contributed by atoms with Crippen LogP contribution in [0, 0.1) is 26.7 Å². The molecule has 0 radical (unpaired) electrons. The molecule has 2 rings (SSSR count). The summed E-state index contributed by atoms with van der Waals surface area (Å²) in [5.74, 6) is 0.386. The molecule has 0 aromatic heterocycles. The van der Waals surface area contributed by atoms with E-state index < -0.39 is 6.04 Å². The van der Waals surface area contributed by atoms with Crippen molar-refractivity contribution in [3.8, 4) is 5.75 Å². The molecule has 2 aromatic rings. The summed E-state index contributed by atoms with van der Waals surface area (Å²) in [6, 6.07) is 8.41. The van der Waals surface area contributed by atoms with Crippen molar-refractivity contribution >= 4 is 35.0 Å². The molecule has 0 aliphatic carbocycles. The Morgan fingerprint density at radius 2 is 1.69 bits per heavy atom. The minimum absolute atomic E-state index is 0.1000. The van der Waals surface area contributed by atoms with E-state index in [0.29, 0.717) is 33.8 Å². The van der Waals surface area contributed by atoms with Crippen molar-refractivity contribution in [1.29, 1.82) is 0 Å². The number of ether oxygens (including phenoxy) is 1. The summed E-state index contributed by atoms with van der Waals surface area (Å²) < 4.78 is 5.88. The van der Waals surface area contributed by atoms with Crippen molar-refractivity contribution in [2.24, 2.45) is 5.92 Å². The maximum atomic E-state index is 13.2. The second kappa shape index (κ2) is 11.6. The van der Waals surface area contributed by atoms with Crippen LogP contribution >= 0.6 is 23.2 Å². The first-order valence-corrected chi connectivity index (χ1v) is 11.5. The van der Waals surface area contributed by atoms with Crippen molar-refractivity contribution in [2.75, 3.05) is 13.2 Å². The van der Waals surface area contributed by atoms with E-state index in [0.717, 1.165) is 16.7 Å². The van der Waals surface area contributed by atoms with Gasteiger partial charge < -0.3 is 15.0 Å². The average molecular weight is 479 g/mol. The van der Waals surface area contributed by atoms with E-state index in [4.69, 9.17) is 27.9 Å². The van der Waals surface area contributed by atoms with Gasteiger partial charge in [-0.25, -0.2) is 0 Å². The first-order valence-electron chi connectivity index (χ1n) is 10.7. The molecule has 0 aliphatic rings. The van der Waals surface area contributed by atoms with Crippen molar-refractivity contribution in [3.63, 3.8) is 0 Å². The van der Waals surface area contributed by atoms with Crippen LogP contribution in [0.15, 0.2) is 30.3 Å². The van der Waals surface area contributed by atoms with Crippen LogP contribution < -0.4 is 10.1 Å². The lowest BCUT2D eigenvalue weighted by molar-refractivity contribution is -0.142. The maximum absolute atomic E-state index is 13.2. The Bertz CT molecular complexity index is 956. The zero-order valence-corrected chi connectivity index (χ0v) is 21.1. The third-order valence-electron chi connectivity index (χ3n) is 5.36. The molecule has 2 amide bonds. The van der Waals surface area contributed by atoms with Crippen LogP contribution in [0.3, 0.4) is 0 Å². The summed E-state index contributed by atoms with van der Waals surface area (Å²) in [6.07, 6.45) is 0. The van der Waals surface area contributed by atoms with Crippen molar-refractivity contribution in [3.05, 3.63) is 62.6 Å². The third kappa shape index (κ3) is 6.88. The molecule has 0 unspecified atom stereocenters. The van der Waals surface area contributed by atoms with Gasteiger partial charge in [-0.05, 0) is 68.5 Å². The molecule has 0 saturated carbocycles. The zero-order valence-electron chi connectivity index (χ0n) is 19.6. The largest absolute Gasteiger partial charge is 0.483 e. The zero-order chi connectivity index (χ0) is 24.0. The SMILES string of the molecule is Cc1cc(C)c(C)c(OCC(=O)N(Cc2c(Cl)cccc2Cl)[C@H](C)C(=O)NCC(C)C)c1. The van der Waals surface area contributed by atoms with Crippen molar-refractivity contribution < 1.29 is 14.3 Å². The third-order valence-corrected chi connectivity index (χ3v) is 6.07. The Hall–Kier alpha value is -2.24. The van der Waals surface area contributed by atoms with E-state index >= 15 is 0 Å². The Morgan fingerprint density at radius 1 is 1.06 bits per heavy atom. The second-order valence-electron chi connectivity index (χ2n) is 8.53. The van der Waals surface area contributed by atoms with Crippen molar-refractivity contribution in [1.82, 2.24) is 10.2 Å². The molecular formula is C25H32Cl2N2O3. The molecule has 32 heavy (non-hydrogen) atoms. The minimum Gasteiger partial charge on any atom is -0.483 e. The van der Waals surface area contributed by atoms with E-state index in [1.54, 1.807) is 25.1 Å². The lowest BCUT2D eigenvalue weighted by Gasteiger charge is -2.29. The predicted octanol–water partition coefficient (Wildman–Crippen LogP) is 5.49. The molecule has 0 fully saturated rings. The highest BCUT2D eigenvalue weighted by atomic mass is 35.5. The van der Waals surface area contributed by atoms with Crippen LogP contribution in [0.4, 0.5) is 0 Å². The first-order chi connectivity index (χ1) is 15.0. The maximum Gasteiger partial charge on any atom is 0.261 e. The number of amides is 2. The number of nitrogens with zero attached hydrogens (tertiary/aromatic N) is 1. The highest BCUT2D eigenvalue weighted by molar-refractivity contribution is 6.36. The molecule has 7 heteroatoms. The molecule has 0 spiro atoms. The van der Waals surface area contributed by atoms with Crippen LogP contribution in [-0.2, 0) is 16.1 Å². The molecule has 2 aromatic carbocycles. The lowest BCUT2D eigenvalue weighted by atomic mass is 10.1. The van der Waals surface area contributed by atoms with E-state index in [1.807, 2.05) is 40.7 Å². The summed E-state index contributed by atoms with van der Waals surface area (Å²) >= 11 is 12.7. The summed E-state index contributed by atoms with van der Waals surface area (Å²) in [4.78, 5) is 27.5. The second-order valence-corrected chi connectivity index (χ2v) is 9.34. The molecule has 5 nitrogen and oxygen atoms in total. The van der Waals surface area contributed by atoms with Gasteiger partial charge in [-0.2, -0.15) is 0 Å². The summed E-state index contributed by atoms with van der Waals surface area (Å²) in [7, 11) is 0. The van der Waals surface area contributed by atoms with Gasteiger partial charge >= 0.3 is 0 Å². The predicted molar refractivity (Wildman–Crippen MR) is 130 cm³/mol. The smallest absolute Gasteiger partial charge is 0.261 e. The molecule has 1 atom stereocenters. The lowest BCUT2D eigenvalue weighted by Crippen LogP contribution is -2.49. The number of hydrogen-bond donors (Lipinski definition) is 1. The van der Waals surface area contributed by atoms with Gasteiger partial charge in [0.05, 0.1) is 0 Å². The summed E-state index contributed by atoms with van der Waals surface area (Å²) in [6.45, 7) is 12.1. The number of aryl methyl sites for hydroxylation is 2. The summed E-state index contributed by atoms with van der Waals surface area (Å²) in [5, 5.41) is 3.77. The number of hydrogen-bond acceptors (Lipinski definition) is 3. The van der Waals surface area contributed by atoms with Gasteiger partial charge in [0.15, 0.2) is 6.61 Å². The topological polar surface area (TPSA) is 58.6 Å². The number of nitrogens with one attached hydrogen (secondary N) is 1. The quantitative estimate of drug-likeness (QED) is 0.518. The number of rotatable bonds is 9. The van der Waals surface area contributed by atoms with E-state index in [2.05, 4.69) is 11.4 Å². The Morgan fingerprint density at radius 3 is 2.28 bits per heavy atom. The fourth-order valence-corrected chi connectivity index (χ4v) is 3.78. The fourth-order valence-electron chi connectivity index (χ4n) is 3.26. The normalized spacial score (nSPS) is 11.9. The molecular weight excluding hydrogens is 447 g/mol. The number of carbonyl (C=O) groups is 2. The minimum atomic E-state index is -0.725. The van der Waals surface area contributed by atoms with E-state index in [9.17, 15) is 9.59 Å². The van der Waals surface area contributed by atoms with Crippen LogP contribution in [0.1, 0.15) is 43.0 Å². The molecule has 0 saturated heterocycles. The van der Waals surface area contributed by atoms with Gasteiger partial charge in [0.25, 0.3) is 5.91 Å². The Labute approximate surface area is 201 Å². The highest BCUT2D eigenvalue weighted by Crippen LogP contribution is 2.27.